The van der Waals surface area contributed by atoms with E-state index in [1.54, 1.807) is 6.20 Å². The lowest BCUT2D eigenvalue weighted by Gasteiger charge is -2.56. The van der Waals surface area contributed by atoms with Crippen molar-refractivity contribution in [1.82, 2.24) is 10.3 Å². The molecule has 1 aromatic heterocycles. The van der Waals surface area contributed by atoms with Crippen molar-refractivity contribution in [2.75, 3.05) is 5.32 Å². The molecule has 1 heterocycles. The van der Waals surface area contributed by atoms with Crippen LogP contribution in [0.25, 0.3) is 0 Å². The summed E-state index contributed by atoms with van der Waals surface area (Å²) in [7, 11) is 0. The fraction of sp³-hybridized carbons (Fsp3) is 0.762. The van der Waals surface area contributed by atoms with E-state index in [2.05, 4.69) is 29.5 Å². The molecule has 4 bridgehead atoms. The topological polar surface area (TPSA) is 71.1 Å². The summed E-state index contributed by atoms with van der Waals surface area (Å²) in [5.74, 6) is 2.74. The maximum absolute atomic E-state index is 12.9. The molecule has 2 amide bonds. The van der Waals surface area contributed by atoms with Gasteiger partial charge in [0.15, 0.2) is 5.13 Å². The Bertz CT molecular complexity index is 650. The molecule has 4 saturated carbocycles. The Morgan fingerprint density at radius 3 is 2.33 bits per heavy atom. The van der Waals surface area contributed by atoms with E-state index in [1.165, 1.54) is 49.9 Å². The molecule has 0 radical (unpaired) electrons. The van der Waals surface area contributed by atoms with Gasteiger partial charge in [0.05, 0.1) is 0 Å². The van der Waals surface area contributed by atoms with Gasteiger partial charge in [-0.2, -0.15) is 0 Å². The Morgan fingerprint density at radius 1 is 1.19 bits per heavy atom. The standard InChI is InChI=1S/C21H31N3O2S/c1-13(2)5-17(19(26)24-20-22-3-4-27-20)23-18(25)12-21-9-14-6-15(10-21)8-16(7-14)11-21/h3-4,13-17H,5-12H2,1-2H3,(H,23,25)(H,22,24,26). The quantitative estimate of drug-likeness (QED) is 0.733. The highest BCUT2D eigenvalue weighted by Crippen LogP contribution is 2.61. The van der Waals surface area contributed by atoms with Crippen LogP contribution in [-0.4, -0.2) is 22.8 Å². The van der Waals surface area contributed by atoms with Gasteiger partial charge >= 0.3 is 0 Å². The van der Waals surface area contributed by atoms with Crippen molar-refractivity contribution in [2.45, 2.75) is 71.3 Å². The van der Waals surface area contributed by atoms with Gasteiger partial charge in [-0.3, -0.25) is 9.59 Å². The summed E-state index contributed by atoms with van der Waals surface area (Å²) < 4.78 is 0. The third-order valence-electron chi connectivity index (χ3n) is 6.72. The summed E-state index contributed by atoms with van der Waals surface area (Å²) in [4.78, 5) is 29.7. The number of carbonyl (C=O) groups excluding carboxylic acids is 2. The molecule has 4 fully saturated rings. The molecule has 1 unspecified atom stereocenters. The summed E-state index contributed by atoms with van der Waals surface area (Å²) in [5, 5.41) is 8.33. The van der Waals surface area contributed by atoms with Crippen molar-refractivity contribution >= 4 is 28.3 Å². The molecule has 0 spiro atoms. The maximum Gasteiger partial charge on any atom is 0.248 e. The average Bonchev–Trinajstić information content (AvgIpc) is 3.04. The van der Waals surface area contributed by atoms with Crippen molar-refractivity contribution < 1.29 is 9.59 Å². The fourth-order valence-electron chi connectivity index (χ4n) is 6.27. The molecule has 0 aromatic carbocycles. The van der Waals surface area contributed by atoms with Crippen LogP contribution >= 0.6 is 11.3 Å². The van der Waals surface area contributed by atoms with E-state index in [-0.39, 0.29) is 17.2 Å². The highest BCUT2D eigenvalue weighted by atomic mass is 32.1. The van der Waals surface area contributed by atoms with Gasteiger partial charge in [0.2, 0.25) is 11.8 Å². The first-order chi connectivity index (χ1) is 12.9. The minimum Gasteiger partial charge on any atom is -0.344 e. The fourth-order valence-corrected chi connectivity index (χ4v) is 6.80. The third kappa shape index (κ3) is 4.36. The SMILES string of the molecule is CC(C)CC(NC(=O)CC12CC3CC(CC(C3)C1)C2)C(=O)Nc1nccs1. The van der Waals surface area contributed by atoms with E-state index in [1.807, 2.05) is 5.38 Å². The van der Waals surface area contributed by atoms with E-state index in [9.17, 15) is 9.59 Å². The number of hydrogen-bond acceptors (Lipinski definition) is 4. The molecule has 1 aromatic rings. The largest absolute Gasteiger partial charge is 0.344 e. The van der Waals surface area contributed by atoms with Crippen LogP contribution in [0.5, 0.6) is 0 Å². The number of nitrogens with one attached hydrogen (secondary N) is 2. The second-order valence-corrected chi connectivity index (χ2v) is 10.6. The number of carbonyl (C=O) groups is 2. The van der Waals surface area contributed by atoms with Gasteiger partial charge in [-0.25, -0.2) is 4.98 Å². The van der Waals surface area contributed by atoms with E-state index < -0.39 is 6.04 Å². The maximum atomic E-state index is 12.9. The van der Waals surface area contributed by atoms with Gasteiger partial charge in [-0.05, 0) is 74.0 Å². The number of thiazole rings is 1. The third-order valence-corrected chi connectivity index (χ3v) is 7.41. The second-order valence-electron chi connectivity index (χ2n) is 9.67. The van der Waals surface area contributed by atoms with Crippen LogP contribution in [0.1, 0.15) is 65.2 Å². The minimum atomic E-state index is -0.490. The van der Waals surface area contributed by atoms with Crippen molar-refractivity contribution in [3.8, 4) is 0 Å². The van der Waals surface area contributed by atoms with E-state index in [0.29, 0.717) is 23.9 Å². The van der Waals surface area contributed by atoms with E-state index in [4.69, 9.17) is 0 Å². The molecule has 27 heavy (non-hydrogen) atoms. The molecule has 1 atom stereocenters. The van der Waals surface area contributed by atoms with Crippen LogP contribution < -0.4 is 10.6 Å². The lowest BCUT2D eigenvalue weighted by Crippen LogP contribution is -2.50. The van der Waals surface area contributed by atoms with E-state index in [0.717, 1.165) is 17.8 Å². The highest BCUT2D eigenvalue weighted by Gasteiger charge is 2.51. The molecule has 0 aliphatic heterocycles. The first-order valence-corrected chi connectivity index (χ1v) is 11.3. The van der Waals surface area contributed by atoms with Crippen molar-refractivity contribution in [2.24, 2.45) is 29.1 Å². The van der Waals surface area contributed by atoms with Gasteiger partial charge < -0.3 is 10.6 Å². The first-order valence-electron chi connectivity index (χ1n) is 10.4. The zero-order valence-electron chi connectivity index (χ0n) is 16.4. The second kappa shape index (κ2) is 7.53. The summed E-state index contributed by atoms with van der Waals surface area (Å²) in [6.45, 7) is 4.16. The van der Waals surface area contributed by atoms with Crippen molar-refractivity contribution in [3.05, 3.63) is 11.6 Å². The summed E-state index contributed by atoms with van der Waals surface area (Å²) in [6.07, 6.45) is 10.7. The van der Waals surface area contributed by atoms with Gasteiger partial charge in [-0.15, -0.1) is 11.3 Å². The molecular formula is C21H31N3O2S. The molecule has 5 nitrogen and oxygen atoms in total. The van der Waals surface area contributed by atoms with Crippen LogP contribution in [0.2, 0.25) is 0 Å². The number of anilines is 1. The summed E-state index contributed by atoms with van der Waals surface area (Å²) >= 11 is 1.40. The Balaban J connectivity index is 1.38. The van der Waals surface area contributed by atoms with E-state index >= 15 is 0 Å². The smallest absolute Gasteiger partial charge is 0.248 e. The molecule has 148 valence electrons. The predicted octanol–water partition coefficient (Wildman–Crippen LogP) is 4.22. The van der Waals surface area contributed by atoms with Crippen LogP contribution in [0.3, 0.4) is 0 Å². The van der Waals surface area contributed by atoms with Crippen LogP contribution in [0.4, 0.5) is 5.13 Å². The molecule has 4 aliphatic rings. The predicted molar refractivity (Wildman–Crippen MR) is 107 cm³/mol. The molecule has 0 saturated heterocycles. The summed E-state index contributed by atoms with van der Waals surface area (Å²) in [6, 6.07) is -0.490. The zero-order chi connectivity index (χ0) is 19.0. The van der Waals surface area contributed by atoms with Crippen LogP contribution in [-0.2, 0) is 9.59 Å². The van der Waals surface area contributed by atoms with Gasteiger partial charge in [-0.1, -0.05) is 13.8 Å². The average molecular weight is 390 g/mol. The van der Waals surface area contributed by atoms with Crippen LogP contribution in [0.15, 0.2) is 11.6 Å². The molecule has 2 N–H and O–H groups in total. The van der Waals surface area contributed by atoms with Gasteiger partial charge in [0.25, 0.3) is 0 Å². The number of rotatable bonds is 7. The normalized spacial score (nSPS) is 32.5. The number of amides is 2. The number of nitrogens with zero attached hydrogens (tertiary/aromatic N) is 1. The lowest BCUT2D eigenvalue weighted by molar-refractivity contribution is -0.133. The molecule has 4 aliphatic carbocycles. The first kappa shape index (κ1) is 18.9. The monoisotopic (exact) mass is 389 g/mol. The molecule has 6 heteroatoms. The Labute approximate surface area is 165 Å². The highest BCUT2D eigenvalue weighted by molar-refractivity contribution is 7.13. The lowest BCUT2D eigenvalue weighted by atomic mass is 9.49. The zero-order valence-corrected chi connectivity index (χ0v) is 17.2. The van der Waals surface area contributed by atoms with Crippen molar-refractivity contribution in [3.63, 3.8) is 0 Å². The number of hydrogen-bond donors (Lipinski definition) is 2. The minimum absolute atomic E-state index is 0.0527. The Kier molecular flexibility index (Phi) is 5.28. The van der Waals surface area contributed by atoms with Gasteiger partial charge in [0, 0.05) is 18.0 Å². The van der Waals surface area contributed by atoms with Crippen molar-refractivity contribution in [1.29, 1.82) is 0 Å². The summed E-state index contributed by atoms with van der Waals surface area (Å²) in [5.41, 5.74) is 0.201. The van der Waals surface area contributed by atoms with Crippen LogP contribution in [0, 0.1) is 29.1 Å². The Hall–Kier alpha value is -1.43. The molecule has 5 rings (SSSR count). The Morgan fingerprint density at radius 2 is 1.81 bits per heavy atom. The number of aromatic nitrogens is 1. The van der Waals surface area contributed by atoms with Gasteiger partial charge in [0.1, 0.15) is 6.04 Å². The molecular weight excluding hydrogens is 358 g/mol.